The second-order valence-electron chi connectivity index (χ2n) is 6.12. The molecule has 0 aromatic carbocycles. The molecule has 0 aliphatic heterocycles. The van der Waals surface area contributed by atoms with Crippen LogP contribution >= 0.6 is 0 Å². The molecule has 0 saturated heterocycles. The Hall–Kier alpha value is -1.06. The highest BCUT2D eigenvalue weighted by atomic mass is 16.5. The van der Waals surface area contributed by atoms with E-state index in [1.807, 2.05) is 0 Å². The Labute approximate surface area is 103 Å². The Balaban J connectivity index is 1.99. The SMILES string of the molecule is CCC1CCC(c2noc(NC(C)(C)C)n2)C1. The quantitative estimate of drug-likeness (QED) is 0.873. The highest BCUT2D eigenvalue weighted by molar-refractivity contribution is 5.23. The number of aromatic nitrogens is 2. The molecule has 1 N–H and O–H groups in total. The van der Waals surface area contributed by atoms with Crippen LogP contribution in [0.5, 0.6) is 0 Å². The van der Waals surface area contributed by atoms with Gasteiger partial charge in [-0.1, -0.05) is 18.5 Å². The van der Waals surface area contributed by atoms with Crippen molar-refractivity contribution in [1.82, 2.24) is 10.1 Å². The summed E-state index contributed by atoms with van der Waals surface area (Å²) in [6.45, 7) is 8.51. The average molecular weight is 237 g/mol. The maximum Gasteiger partial charge on any atom is 0.321 e. The molecule has 2 unspecified atom stereocenters. The van der Waals surface area contributed by atoms with Gasteiger partial charge in [-0.2, -0.15) is 4.98 Å². The second-order valence-corrected chi connectivity index (χ2v) is 6.12. The van der Waals surface area contributed by atoms with Crippen LogP contribution in [0.15, 0.2) is 4.52 Å². The number of rotatable bonds is 3. The van der Waals surface area contributed by atoms with Gasteiger partial charge in [0.1, 0.15) is 0 Å². The van der Waals surface area contributed by atoms with Crippen molar-refractivity contribution in [2.24, 2.45) is 5.92 Å². The molecule has 1 aromatic rings. The molecular weight excluding hydrogens is 214 g/mol. The molecular formula is C13H23N3O. The molecule has 2 atom stereocenters. The fourth-order valence-corrected chi connectivity index (χ4v) is 2.45. The third-order valence-electron chi connectivity index (χ3n) is 3.41. The molecule has 4 nitrogen and oxygen atoms in total. The van der Waals surface area contributed by atoms with Crippen LogP contribution in [0, 0.1) is 5.92 Å². The molecule has 1 heterocycles. The van der Waals surface area contributed by atoms with Crippen LogP contribution in [-0.4, -0.2) is 15.7 Å². The molecule has 2 rings (SSSR count). The summed E-state index contributed by atoms with van der Waals surface area (Å²) in [6.07, 6.45) is 4.98. The highest BCUT2D eigenvalue weighted by Gasteiger charge is 2.28. The van der Waals surface area contributed by atoms with Crippen LogP contribution in [0.25, 0.3) is 0 Å². The van der Waals surface area contributed by atoms with Crippen molar-refractivity contribution in [3.63, 3.8) is 0 Å². The first-order chi connectivity index (χ1) is 7.98. The van der Waals surface area contributed by atoms with E-state index in [0.717, 1.165) is 11.7 Å². The van der Waals surface area contributed by atoms with Crippen molar-refractivity contribution in [2.75, 3.05) is 5.32 Å². The van der Waals surface area contributed by atoms with E-state index < -0.39 is 0 Å². The van der Waals surface area contributed by atoms with Gasteiger partial charge in [0, 0.05) is 11.5 Å². The zero-order valence-electron chi connectivity index (χ0n) is 11.3. The van der Waals surface area contributed by atoms with E-state index in [1.54, 1.807) is 0 Å². The monoisotopic (exact) mass is 237 g/mol. The molecule has 0 bridgehead atoms. The van der Waals surface area contributed by atoms with Gasteiger partial charge in [0.25, 0.3) is 0 Å². The Morgan fingerprint density at radius 3 is 2.71 bits per heavy atom. The van der Waals surface area contributed by atoms with Crippen molar-refractivity contribution < 1.29 is 4.52 Å². The third kappa shape index (κ3) is 3.20. The van der Waals surface area contributed by atoms with E-state index in [-0.39, 0.29) is 5.54 Å². The smallest absolute Gasteiger partial charge is 0.321 e. The fourth-order valence-electron chi connectivity index (χ4n) is 2.45. The Morgan fingerprint density at radius 1 is 1.35 bits per heavy atom. The van der Waals surface area contributed by atoms with E-state index in [0.29, 0.717) is 11.9 Å². The van der Waals surface area contributed by atoms with Crippen molar-refractivity contribution >= 4 is 6.01 Å². The lowest BCUT2D eigenvalue weighted by atomic mass is 10.0. The Morgan fingerprint density at radius 2 is 2.12 bits per heavy atom. The standard InChI is InChI=1S/C13H23N3O/c1-5-9-6-7-10(8-9)11-14-12(17-16-11)15-13(2,3)4/h9-10H,5-8H2,1-4H3,(H,14,15,16). The summed E-state index contributed by atoms with van der Waals surface area (Å²) in [4.78, 5) is 4.46. The summed E-state index contributed by atoms with van der Waals surface area (Å²) >= 11 is 0. The number of nitrogens with one attached hydrogen (secondary N) is 1. The van der Waals surface area contributed by atoms with E-state index in [4.69, 9.17) is 4.52 Å². The minimum atomic E-state index is -0.0363. The molecule has 1 saturated carbocycles. The molecule has 0 radical (unpaired) electrons. The topological polar surface area (TPSA) is 51.0 Å². The molecule has 1 aliphatic rings. The molecule has 17 heavy (non-hydrogen) atoms. The molecule has 1 aliphatic carbocycles. The number of hydrogen-bond acceptors (Lipinski definition) is 4. The highest BCUT2D eigenvalue weighted by Crippen LogP contribution is 2.38. The summed E-state index contributed by atoms with van der Waals surface area (Å²) in [7, 11) is 0. The zero-order valence-corrected chi connectivity index (χ0v) is 11.3. The maximum atomic E-state index is 5.25. The van der Waals surface area contributed by atoms with Crippen LogP contribution in [0.4, 0.5) is 6.01 Å². The largest absolute Gasteiger partial charge is 0.333 e. The predicted molar refractivity (Wildman–Crippen MR) is 68.0 cm³/mol. The van der Waals surface area contributed by atoms with E-state index in [1.165, 1.54) is 25.7 Å². The first-order valence-corrected chi connectivity index (χ1v) is 6.59. The molecule has 96 valence electrons. The zero-order chi connectivity index (χ0) is 12.5. The van der Waals surface area contributed by atoms with Gasteiger partial charge in [-0.15, -0.1) is 0 Å². The van der Waals surface area contributed by atoms with E-state index >= 15 is 0 Å². The summed E-state index contributed by atoms with van der Waals surface area (Å²) in [6, 6.07) is 0.549. The summed E-state index contributed by atoms with van der Waals surface area (Å²) in [5, 5.41) is 7.31. The third-order valence-corrected chi connectivity index (χ3v) is 3.41. The normalized spacial score (nSPS) is 25.2. The van der Waals surface area contributed by atoms with Crippen LogP contribution in [-0.2, 0) is 0 Å². The summed E-state index contributed by atoms with van der Waals surface area (Å²) in [5.41, 5.74) is -0.0363. The molecule has 4 heteroatoms. The van der Waals surface area contributed by atoms with Crippen LogP contribution in [0.1, 0.15) is 65.1 Å². The van der Waals surface area contributed by atoms with Crippen LogP contribution < -0.4 is 5.32 Å². The molecule has 1 fully saturated rings. The number of hydrogen-bond donors (Lipinski definition) is 1. The summed E-state index contributed by atoms with van der Waals surface area (Å²) < 4.78 is 5.25. The van der Waals surface area contributed by atoms with E-state index in [9.17, 15) is 0 Å². The molecule has 0 amide bonds. The minimum absolute atomic E-state index is 0.0363. The number of anilines is 1. The van der Waals surface area contributed by atoms with Gasteiger partial charge in [0.15, 0.2) is 5.82 Å². The molecule has 1 aromatic heterocycles. The van der Waals surface area contributed by atoms with Gasteiger partial charge in [-0.05, 0) is 46.0 Å². The van der Waals surface area contributed by atoms with Crippen molar-refractivity contribution in [1.29, 1.82) is 0 Å². The average Bonchev–Trinajstić information content (AvgIpc) is 2.82. The van der Waals surface area contributed by atoms with Gasteiger partial charge in [-0.3, -0.25) is 0 Å². The van der Waals surface area contributed by atoms with Crippen LogP contribution in [0.3, 0.4) is 0 Å². The lowest BCUT2D eigenvalue weighted by Gasteiger charge is -2.17. The van der Waals surface area contributed by atoms with Gasteiger partial charge >= 0.3 is 6.01 Å². The van der Waals surface area contributed by atoms with Gasteiger partial charge in [0.05, 0.1) is 0 Å². The second kappa shape index (κ2) is 4.67. The Bertz CT molecular complexity index is 367. The number of nitrogens with zero attached hydrogens (tertiary/aromatic N) is 2. The van der Waals surface area contributed by atoms with Crippen molar-refractivity contribution in [3.05, 3.63) is 5.82 Å². The maximum absolute atomic E-state index is 5.25. The lowest BCUT2D eigenvalue weighted by molar-refractivity contribution is 0.405. The summed E-state index contributed by atoms with van der Waals surface area (Å²) in [5.74, 6) is 2.23. The van der Waals surface area contributed by atoms with Crippen molar-refractivity contribution in [3.8, 4) is 0 Å². The van der Waals surface area contributed by atoms with Gasteiger partial charge in [-0.25, -0.2) is 0 Å². The predicted octanol–water partition coefficient (Wildman–Crippen LogP) is 3.57. The van der Waals surface area contributed by atoms with Crippen LogP contribution in [0.2, 0.25) is 0 Å². The van der Waals surface area contributed by atoms with E-state index in [2.05, 4.69) is 43.2 Å². The Kier molecular flexibility index (Phi) is 3.40. The lowest BCUT2D eigenvalue weighted by Crippen LogP contribution is -2.26. The van der Waals surface area contributed by atoms with Gasteiger partial charge < -0.3 is 9.84 Å². The van der Waals surface area contributed by atoms with Crippen molar-refractivity contribution in [2.45, 2.75) is 64.8 Å². The van der Waals surface area contributed by atoms with Gasteiger partial charge in [0.2, 0.25) is 0 Å². The molecule has 0 spiro atoms. The fraction of sp³-hybridized carbons (Fsp3) is 0.846. The first kappa shape index (κ1) is 12.4. The first-order valence-electron chi connectivity index (χ1n) is 6.59. The minimum Gasteiger partial charge on any atom is -0.333 e.